The van der Waals surface area contributed by atoms with Crippen molar-refractivity contribution < 1.29 is 22.9 Å². The van der Waals surface area contributed by atoms with Crippen molar-refractivity contribution in [2.75, 3.05) is 4.90 Å². The number of hydrogen-bond donors (Lipinski definition) is 0. The molecule has 0 bridgehead atoms. The zero-order valence-corrected chi connectivity index (χ0v) is 12.9. The quantitative estimate of drug-likeness (QED) is 0.475. The standard InChI is InChI=1S/C18H9F3N2O3/c19-18(20,21)10-4-6-11(7-5-10)22-15-9-8-14(23(25)26)12-2-1-3-13(16(12)15)17(22)24/h1-9H. The molecule has 1 amide bonds. The summed E-state index contributed by atoms with van der Waals surface area (Å²) >= 11 is 0. The van der Waals surface area contributed by atoms with Gasteiger partial charge in [0.25, 0.3) is 11.6 Å². The Bertz CT molecular complexity index is 1080. The maximum atomic E-state index is 12.8. The Morgan fingerprint density at radius 2 is 1.65 bits per heavy atom. The summed E-state index contributed by atoms with van der Waals surface area (Å²) in [6.45, 7) is 0. The zero-order chi connectivity index (χ0) is 18.6. The number of alkyl halides is 3. The van der Waals surface area contributed by atoms with Gasteiger partial charge >= 0.3 is 6.18 Å². The fraction of sp³-hybridized carbons (Fsp3) is 0.0556. The van der Waals surface area contributed by atoms with Crippen LogP contribution in [0.3, 0.4) is 0 Å². The second kappa shape index (κ2) is 5.29. The van der Waals surface area contributed by atoms with E-state index in [2.05, 4.69) is 0 Å². The molecule has 1 aliphatic rings. The van der Waals surface area contributed by atoms with E-state index in [1.807, 2.05) is 0 Å². The highest BCUT2D eigenvalue weighted by atomic mass is 19.4. The number of halogens is 3. The normalized spacial score (nSPS) is 13.5. The minimum atomic E-state index is -4.48. The van der Waals surface area contributed by atoms with Crippen molar-refractivity contribution in [2.24, 2.45) is 0 Å². The molecule has 26 heavy (non-hydrogen) atoms. The molecule has 0 aliphatic carbocycles. The summed E-state index contributed by atoms with van der Waals surface area (Å²) in [5.41, 5.74) is -0.00617. The molecule has 0 N–H and O–H groups in total. The van der Waals surface area contributed by atoms with Crippen molar-refractivity contribution in [1.82, 2.24) is 0 Å². The Balaban J connectivity index is 1.89. The Morgan fingerprint density at radius 1 is 0.962 bits per heavy atom. The predicted octanol–water partition coefficient (Wildman–Crippen LogP) is 5.06. The third kappa shape index (κ3) is 2.22. The molecule has 0 spiro atoms. The van der Waals surface area contributed by atoms with Gasteiger partial charge in [-0.3, -0.25) is 19.8 Å². The molecule has 1 aliphatic heterocycles. The van der Waals surface area contributed by atoms with E-state index in [1.165, 1.54) is 29.2 Å². The maximum absolute atomic E-state index is 12.8. The SMILES string of the molecule is O=C1c2cccc3c([N+](=O)[O-])ccc(c23)N1c1ccc(C(F)(F)F)cc1. The fourth-order valence-corrected chi connectivity index (χ4v) is 3.18. The number of benzene rings is 3. The van der Waals surface area contributed by atoms with Crippen molar-refractivity contribution >= 4 is 33.7 Å². The van der Waals surface area contributed by atoms with Gasteiger partial charge in [0, 0.05) is 17.1 Å². The topological polar surface area (TPSA) is 63.4 Å². The summed E-state index contributed by atoms with van der Waals surface area (Å²) in [5.74, 6) is -0.439. The largest absolute Gasteiger partial charge is 0.416 e. The average molecular weight is 358 g/mol. The number of nitro benzene ring substituents is 1. The molecule has 3 aromatic rings. The van der Waals surface area contributed by atoms with E-state index in [0.717, 1.165) is 12.1 Å². The molecule has 0 radical (unpaired) electrons. The molecule has 3 aromatic carbocycles. The van der Waals surface area contributed by atoms with Crippen LogP contribution < -0.4 is 4.90 Å². The van der Waals surface area contributed by atoms with Crippen LogP contribution in [0.4, 0.5) is 30.2 Å². The van der Waals surface area contributed by atoms with Crippen LogP contribution in [0.5, 0.6) is 0 Å². The van der Waals surface area contributed by atoms with Crippen LogP contribution in [0.25, 0.3) is 10.8 Å². The van der Waals surface area contributed by atoms with Crippen molar-refractivity contribution in [3.63, 3.8) is 0 Å². The lowest BCUT2D eigenvalue weighted by Gasteiger charge is -2.18. The molecular formula is C18H9F3N2O3. The zero-order valence-electron chi connectivity index (χ0n) is 12.9. The van der Waals surface area contributed by atoms with Gasteiger partial charge in [-0.15, -0.1) is 0 Å². The van der Waals surface area contributed by atoms with Crippen LogP contribution in [-0.4, -0.2) is 10.8 Å². The van der Waals surface area contributed by atoms with E-state index in [0.29, 0.717) is 16.5 Å². The van der Waals surface area contributed by atoms with Crippen molar-refractivity contribution in [3.8, 4) is 0 Å². The monoisotopic (exact) mass is 358 g/mol. The number of nitro groups is 1. The highest BCUT2D eigenvalue weighted by Gasteiger charge is 2.34. The summed E-state index contributed by atoms with van der Waals surface area (Å²) in [5, 5.41) is 12.0. The Morgan fingerprint density at radius 3 is 2.27 bits per heavy atom. The van der Waals surface area contributed by atoms with Gasteiger partial charge in [-0.2, -0.15) is 13.2 Å². The Hall–Kier alpha value is -3.42. The van der Waals surface area contributed by atoms with Crippen LogP contribution in [0, 0.1) is 10.1 Å². The number of hydrogen-bond acceptors (Lipinski definition) is 3. The lowest BCUT2D eigenvalue weighted by Crippen LogP contribution is -2.21. The minimum absolute atomic E-state index is 0.132. The number of amides is 1. The third-order valence-electron chi connectivity index (χ3n) is 4.32. The number of anilines is 2. The highest BCUT2D eigenvalue weighted by molar-refractivity contribution is 6.28. The van der Waals surface area contributed by atoms with Crippen LogP contribution in [0.1, 0.15) is 15.9 Å². The van der Waals surface area contributed by atoms with Crippen LogP contribution in [0.2, 0.25) is 0 Å². The van der Waals surface area contributed by atoms with E-state index in [-0.39, 0.29) is 16.9 Å². The summed E-state index contributed by atoms with van der Waals surface area (Å²) in [4.78, 5) is 24.7. The van der Waals surface area contributed by atoms with Gasteiger partial charge in [0.05, 0.1) is 27.1 Å². The summed E-state index contributed by atoms with van der Waals surface area (Å²) in [7, 11) is 0. The first-order valence-corrected chi connectivity index (χ1v) is 7.51. The number of rotatable bonds is 2. The molecule has 8 heteroatoms. The van der Waals surface area contributed by atoms with E-state index in [1.54, 1.807) is 18.2 Å². The summed E-state index contributed by atoms with van der Waals surface area (Å²) in [6.07, 6.45) is -4.48. The molecule has 0 aromatic heterocycles. The Labute approximate surface area is 144 Å². The highest BCUT2D eigenvalue weighted by Crippen LogP contribution is 2.44. The molecule has 1 heterocycles. The van der Waals surface area contributed by atoms with E-state index in [4.69, 9.17) is 0 Å². The number of carbonyl (C=O) groups is 1. The molecule has 0 fully saturated rings. The molecular weight excluding hydrogens is 349 g/mol. The molecule has 0 saturated carbocycles. The van der Waals surface area contributed by atoms with Gasteiger partial charge in [-0.05, 0) is 42.5 Å². The lowest BCUT2D eigenvalue weighted by molar-refractivity contribution is -0.383. The first kappa shape index (κ1) is 16.1. The lowest BCUT2D eigenvalue weighted by atomic mass is 10.0. The van der Waals surface area contributed by atoms with Crippen molar-refractivity contribution in [3.05, 3.63) is 75.8 Å². The molecule has 0 saturated heterocycles. The molecule has 0 unspecified atom stereocenters. The van der Waals surface area contributed by atoms with Gasteiger partial charge in [-0.25, -0.2) is 0 Å². The third-order valence-corrected chi connectivity index (χ3v) is 4.32. The maximum Gasteiger partial charge on any atom is 0.416 e. The molecule has 130 valence electrons. The second-order valence-corrected chi connectivity index (χ2v) is 5.77. The second-order valence-electron chi connectivity index (χ2n) is 5.77. The minimum Gasteiger partial charge on any atom is -0.276 e. The number of nitrogens with zero attached hydrogens (tertiary/aromatic N) is 2. The van der Waals surface area contributed by atoms with Gasteiger partial charge in [0.2, 0.25) is 0 Å². The van der Waals surface area contributed by atoms with Gasteiger partial charge in [0.15, 0.2) is 0 Å². The van der Waals surface area contributed by atoms with E-state index in [9.17, 15) is 28.1 Å². The van der Waals surface area contributed by atoms with E-state index < -0.39 is 22.6 Å². The molecule has 0 atom stereocenters. The van der Waals surface area contributed by atoms with Crippen LogP contribution >= 0.6 is 0 Å². The summed E-state index contributed by atoms with van der Waals surface area (Å²) < 4.78 is 38.2. The van der Waals surface area contributed by atoms with Crippen LogP contribution in [0.15, 0.2) is 54.6 Å². The summed E-state index contributed by atoms with van der Waals surface area (Å²) in [6, 6.07) is 11.6. The van der Waals surface area contributed by atoms with Gasteiger partial charge in [0.1, 0.15) is 0 Å². The first-order valence-electron chi connectivity index (χ1n) is 7.51. The average Bonchev–Trinajstić information content (AvgIpc) is 2.88. The van der Waals surface area contributed by atoms with Crippen molar-refractivity contribution in [1.29, 1.82) is 0 Å². The van der Waals surface area contributed by atoms with Crippen molar-refractivity contribution in [2.45, 2.75) is 6.18 Å². The molecule has 5 nitrogen and oxygen atoms in total. The van der Waals surface area contributed by atoms with Crippen LogP contribution in [-0.2, 0) is 6.18 Å². The number of non-ortho nitro benzene ring substituents is 1. The smallest absolute Gasteiger partial charge is 0.276 e. The first-order chi connectivity index (χ1) is 12.3. The number of carbonyl (C=O) groups excluding carboxylic acids is 1. The van der Waals surface area contributed by atoms with Gasteiger partial charge in [-0.1, -0.05) is 6.07 Å². The van der Waals surface area contributed by atoms with E-state index >= 15 is 0 Å². The fourth-order valence-electron chi connectivity index (χ4n) is 3.18. The molecule has 4 rings (SSSR count). The Kier molecular flexibility index (Phi) is 3.27. The predicted molar refractivity (Wildman–Crippen MR) is 88.5 cm³/mol. The van der Waals surface area contributed by atoms with Gasteiger partial charge < -0.3 is 0 Å².